The smallest absolute Gasteiger partial charge is 0.0731 e. The Morgan fingerprint density at radius 3 is 2.05 bits per heavy atom. The van der Waals surface area contributed by atoms with Crippen molar-refractivity contribution in [3.63, 3.8) is 0 Å². The van der Waals surface area contributed by atoms with Crippen molar-refractivity contribution in [2.75, 3.05) is 5.01 Å². The first-order chi connectivity index (χ1) is 9.27. The summed E-state index contributed by atoms with van der Waals surface area (Å²) in [6.07, 6.45) is 0. The molecular formula is C17H18N2. The number of rotatable bonds is 2. The van der Waals surface area contributed by atoms with Crippen molar-refractivity contribution in [2.45, 2.75) is 19.9 Å². The van der Waals surface area contributed by atoms with Gasteiger partial charge in [-0.05, 0) is 24.6 Å². The van der Waals surface area contributed by atoms with Crippen LogP contribution in [0.3, 0.4) is 0 Å². The summed E-state index contributed by atoms with van der Waals surface area (Å²) >= 11 is 0. The van der Waals surface area contributed by atoms with E-state index in [9.17, 15) is 0 Å². The first-order valence-corrected chi connectivity index (χ1v) is 6.75. The lowest BCUT2D eigenvalue weighted by Gasteiger charge is -2.22. The highest BCUT2D eigenvalue weighted by molar-refractivity contribution is 6.04. The van der Waals surface area contributed by atoms with Gasteiger partial charge in [-0.25, -0.2) is 0 Å². The van der Waals surface area contributed by atoms with Crippen molar-refractivity contribution in [3.05, 3.63) is 66.2 Å². The highest BCUT2D eigenvalue weighted by Crippen LogP contribution is 2.30. The Bertz CT molecular complexity index is 575. The molecule has 0 bridgehead atoms. The number of para-hydroxylation sites is 1. The minimum Gasteiger partial charge on any atom is -0.262 e. The van der Waals surface area contributed by atoms with Gasteiger partial charge in [0.1, 0.15) is 0 Å². The van der Waals surface area contributed by atoms with Gasteiger partial charge in [-0.15, -0.1) is 0 Å². The van der Waals surface area contributed by atoms with Gasteiger partial charge < -0.3 is 0 Å². The SMILES string of the molecule is C[C@@H]1C(c2ccccc2)=NN(c2ccccc2)[C@@H]1C. The van der Waals surface area contributed by atoms with Crippen LogP contribution in [0.25, 0.3) is 0 Å². The number of anilines is 1. The molecule has 0 aromatic heterocycles. The van der Waals surface area contributed by atoms with Gasteiger partial charge in [0.15, 0.2) is 0 Å². The summed E-state index contributed by atoms with van der Waals surface area (Å²) in [5.41, 5.74) is 3.56. The molecule has 0 fully saturated rings. The maximum Gasteiger partial charge on any atom is 0.0731 e. The molecule has 0 radical (unpaired) electrons. The number of hydrogen-bond donors (Lipinski definition) is 0. The highest BCUT2D eigenvalue weighted by atomic mass is 15.5. The highest BCUT2D eigenvalue weighted by Gasteiger charge is 2.31. The number of hydrogen-bond acceptors (Lipinski definition) is 2. The third-order valence-corrected chi connectivity index (χ3v) is 3.85. The molecule has 1 aliphatic heterocycles. The normalized spacial score (nSPS) is 22.4. The largest absolute Gasteiger partial charge is 0.262 e. The Labute approximate surface area is 114 Å². The Kier molecular flexibility index (Phi) is 3.08. The first-order valence-electron chi connectivity index (χ1n) is 6.75. The van der Waals surface area contributed by atoms with Crippen molar-refractivity contribution in [3.8, 4) is 0 Å². The fraction of sp³-hybridized carbons (Fsp3) is 0.235. The van der Waals surface area contributed by atoms with Crippen LogP contribution in [0.4, 0.5) is 5.69 Å². The summed E-state index contributed by atoms with van der Waals surface area (Å²) in [6.45, 7) is 4.48. The molecular weight excluding hydrogens is 232 g/mol. The van der Waals surface area contributed by atoms with Crippen LogP contribution in [-0.2, 0) is 0 Å². The number of benzene rings is 2. The molecule has 1 aliphatic rings. The number of nitrogens with zero attached hydrogens (tertiary/aromatic N) is 2. The van der Waals surface area contributed by atoms with E-state index in [-0.39, 0.29) is 0 Å². The van der Waals surface area contributed by atoms with Gasteiger partial charge in [-0.1, -0.05) is 55.5 Å². The van der Waals surface area contributed by atoms with Crippen LogP contribution < -0.4 is 5.01 Å². The van der Waals surface area contributed by atoms with Crippen LogP contribution in [0, 0.1) is 5.92 Å². The minimum absolute atomic E-state index is 0.387. The maximum atomic E-state index is 4.84. The standard InChI is InChI=1S/C17H18N2/c1-13-14(2)19(16-11-7-4-8-12-16)18-17(13)15-9-5-3-6-10-15/h3-14H,1-2H3/t13-,14+/m0/s1. The first kappa shape index (κ1) is 12.0. The molecule has 2 aromatic rings. The molecule has 0 saturated heterocycles. The number of hydrazone groups is 1. The fourth-order valence-electron chi connectivity index (χ4n) is 2.54. The maximum absolute atomic E-state index is 4.84. The summed E-state index contributed by atoms with van der Waals surface area (Å²) in [6, 6.07) is 21.2. The Balaban J connectivity index is 1.99. The lowest BCUT2D eigenvalue weighted by molar-refractivity contribution is 0.604. The van der Waals surface area contributed by atoms with Gasteiger partial charge in [0.25, 0.3) is 0 Å². The van der Waals surface area contributed by atoms with Crippen LogP contribution in [0.2, 0.25) is 0 Å². The predicted octanol–water partition coefficient (Wildman–Crippen LogP) is 3.94. The van der Waals surface area contributed by atoms with Crippen molar-refractivity contribution < 1.29 is 0 Å². The second-order valence-electron chi connectivity index (χ2n) is 5.06. The van der Waals surface area contributed by atoms with E-state index >= 15 is 0 Å². The van der Waals surface area contributed by atoms with Crippen LogP contribution in [-0.4, -0.2) is 11.8 Å². The molecule has 0 amide bonds. The van der Waals surface area contributed by atoms with Gasteiger partial charge in [0, 0.05) is 5.92 Å². The zero-order valence-electron chi connectivity index (χ0n) is 11.3. The molecule has 0 aliphatic carbocycles. The lowest BCUT2D eigenvalue weighted by atomic mass is 9.94. The van der Waals surface area contributed by atoms with Crippen LogP contribution in [0.1, 0.15) is 19.4 Å². The quantitative estimate of drug-likeness (QED) is 0.788. The van der Waals surface area contributed by atoms with E-state index in [2.05, 4.69) is 67.4 Å². The molecule has 2 atom stereocenters. The third kappa shape index (κ3) is 2.14. The van der Waals surface area contributed by atoms with E-state index in [0.29, 0.717) is 12.0 Å². The van der Waals surface area contributed by atoms with E-state index in [0.717, 1.165) is 5.69 Å². The second-order valence-corrected chi connectivity index (χ2v) is 5.06. The summed E-state index contributed by atoms with van der Waals surface area (Å²) < 4.78 is 0. The van der Waals surface area contributed by atoms with E-state index in [1.807, 2.05) is 12.1 Å². The summed E-state index contributed by atoms with van der Waals surface area (Å²) in [4.78, 5) is 0. The zero-order valence-corrected chi connectivity index (χ0v) is 11.3. The molecule has 3 rings (SSSR count). The topological polar surface area (TPSA) is 15.6 Å². The van der Waals surface area contributed by atoms with Gasteiger partial charge >= 0.3 is 0 Å². The van der Waals surface area contributed by atoms with Gasteiger partial charge in [0.05, 0.1) is 17.4 Å². The zero-order chi connectivity index (χ0) is 13.2. The molecule has 96 valence electrons. The van der Waals surface area contributed by atoms with Crippen molar-refractivity contribution in [1.29, 1.82) is 0 Å². The molecule has 19 heavy (non-hydrogen) atoms. The van der Waals surface area contributed by atoms with Crippen molar-refractivity contribution in [1.82, 2.24) is 0 Å². The molecule has 1 heterocycles. The second kappa shape index (κ2) is 4.88. The minimum atomic E-state index is 0.387. The van der Waals surface area contributed by atoms with E-state index in [4.69, 9.17) is 5.10 Å². The fourth-order valence-corrected chi connectivity index (χ4v) is 2.54. The van der Waals surface area contributed by atoms with Crippen LogP contribution in [0.15, 0.2) is 65.8 Å². The monoisotopic (exact) mass is 250 g/mol. The molecule has 2 aromatic carbocycles. The Hall–Kier alpha value is -2.09. The lowest BCUT2D eigenvalue weighted by Crippen LogP contribution is -2.28. The summed E-state index contributed by atoms with van der Waals surface area (Å²) in [5.74, 6) is 0.433. The average molecular weight is 250 g/mol. The molecule has 0 unspecified atom stereocenters. The van der Waals surface area contributed by atoms with E-state index in [1.165, 1.54) is 11.3 Å². The third-order valence-electron chi connectivity index (χ3n) is 3.85. The molecule has 0 spiro atoms. The Morgan fingerprint density at radius 1 is 0.842 bits per heavy atom. The van der Waals surface area contributed by atoms with E-state index < -0.39 is 0 Å². The van der Waals surface area contributed by atoms with Gasteiger partial charge in [-0.2, -0.15) is 5.10 Å². The van der Waals surface area contributed by atoms with Gasteiger partial charge in [-0.3, -0.25) is 5.01 Å². The molecule has 2 heteroatoms. The van der Waals surface area contributed by atoms with Crippen LogP contribution in [0.5, 0.6) is 0 Å². The Morgan fingerprint density at radius 2 is 1.42 bits per heavy atom. The average Bonchev–Trinajstić information content (AvgIpc) is 2.77. The van der Waals surface area contributed by atoms with E-state index in [1.54, 1.807) is 0 Å². The summed E-state index contributed by atoms with van der Waals surface area (Å²) in [5, 5.41) is 6.97. The van der Waals surface area contributed by atoms with Crippen molar-refractivity contribution >= 4 is 11.4 Å². The predicted molar refractivity (Wildman–Crippen MR) is 80.5 cm³/mol. The van der Waals surface area contributed by atoms with Gasteiger partial charge in [0.2, 0.25) is 0 Å². The van der Waals surface area contributed by atoms with Crippen molar-refractivity contribution in [2.24, 2.45) is 11.0 Å². The molecule has 2 nitrogen and oxygen atoms in total. The van der Waals surface area contributed by atoms with Crippen LogP contribution >= 0.6 is 0 Å². The molecule has 0 N–H and O–H groups in total. The molecule has 0 saturated carbocycles. The summed E-state index contributed by atoms with van der Waals surface area (Å²) in [7, 11) is 0.